The monoisotopic (exact) mass is 465 g/mol. The first-order valence-corrected chi connectivity index (χ1v) is 12.4. The first-order valence-electron chi connectivity index (χ1n) is 12.4. The molecule has 182 valence electrons. The average Bonchev–Trinajstić information content (AvgIpc) is 3.12. The molecule has 7 heteroatoms. The number of carbonyl (C=O) groups excluding carboxylic acids is 1. The molecular formula is C27H35N3O4. The average molecular weight is 466 g/mol. The van der Waals surface area contributed by atoms with Crippen molar-refractivity contribution in [1.82, 2.24) is 10.3 Å². The van der Waals surface area contributed by atoms with Gasteiger partial charge in [-0.15, -0.1) is 0 Å². The normalized spacial score (nSPS) is 31.5. The van der Waals surface area contributed by atoms with Crippen molar-refractivity contribution in [2.45, 2.75) is 68.7 Å². The van der Waals surface area contributed by atoms with Gasteiger partial charge in [-0.05, 0) is 62.6 Å². The Hall–Kier alpha value is -2.64. The largest absolute Gasteiger partial charge is 0.493 e. The number of rotatable bonds is 6. The van der Waals surface area contributed by atoms with Crippen LogP contribution in [0.25, 0.3) is 0 Å². The smallest absolute Gasteiger partial charge is 0.246 e. The van der Waals surface area contributed by atoms with Gasteiger partial charge in [0.15, 0.2) is 11.6 Å². The van der Waals surface area contributed by atoms with Crippen LogP contribution in [0.3, 0.4) is 0 Å². The lowest BCUT2D eigenvalue weighted by Crippen LogP contribution is -2.64. The fourth-order valence-corrected chi connectivity index (χ4v) is 6.15. The molecule has 1 spiro atoms. The first-order chi connectivity index (χ1) is 16.6. The van der Waals surface area contributed by atoms with Crippen LogP contribution < -0.4 is 15.0 Å². The number of pyridine rings is 1. The van der Waals surface area contributed by atoms with Gasteiger partial charge in [-0.1, -0.05) is 30.3 Å². The van der Waals surface area contributed by atoms with Gasteiger partial charge in [0.25, 0.3) is 0 Å². The molecule has 1 aliphatic carbocycles. The summed E-state index contributed by atoms with van der Waals surface area (Å²) in [6.45, 7) is 3.26. The van der Waals surface area contributed by atoms with Crippen LogP contribution in [0, 0.1) is 0 Å². The summed E-state index contributed by atoms with van der Waals surface area (Å²) in [4.78, 5) is 19.3. The Morgan fingerprint density at radius 2 is 1.94 bits per heavy atom. The molecule has 3 aliphatic rings. The van der Waals surface area contributed by atoms with Gasteiger partial charge < -0.3 is 24.4 Å². The number of hydrogen-bond acceptors (Lipinski definition) is 6. The van der Waals surface area contributed by atoms with E-state index in [0.29, 0.717) is 19.1 Å². The lowest BCUT2D eigenvalue weighted by molar-refractivity contribution is -0.136. The molecule has 34 heavy (non-hydrogen) atoms. The van der Waals surface area contributed by atoms with Crippen molar-refractivity contribution in [3.05, 3.63) is 54.2 Å². The number of benzene rings is 1. The topological polar surface area (TPSA) is 72.9 Å². The highest BCUT2D eigenvalue weighted by Gasteiger charge is 2.54. The van der Waals surface area contributed by atoms with Gasteiger partial charge in [-0.25, -0.2) is 4.98 Å². The van der Waals surface area contributed by atoms with Gasteiger partial charge in [0, 0.05) is 12.2 Å². The number of aromatic nitrogens is 1. The molecule has 1 amide bonds. The van der Waals surface area contributed by atoms with Gasteiger partial charge in [0.1, 0.15) is 6.61 Å². The number of carbonyl (C=O) groups is 1. The molecule has 1 saturated carbocycles. The number of anilines is 1. The predicted octanol–water partition coefficient (Wildman–Crippen LogP) is 3.69. The Kier molecular flexibility index (Phi) is 6.75. The summed E-state index contributed by atoms with van der Waals surface area (Å²) in [5.41, 5.74) is 0.929. The zero-order valence-corrected chi connectivity index (χ0v) is 20.1. The highest BCUT2D eigenvalue weighted by molar-refractivity contribution is 5.79. The molecule has 5 rings (SSSR count). The van der Waals surface area contributed by atoms with Gasteiger partial charge in [0.05, 0.1) is 38.0 Å². The summed E-state index contributed by atoms with van der Waals surface area (Å²) in [6, 6.07) is 14.7. The second kappa shape index (κ2) is 9.92. The molecule has 0 radical (unpaired) electrons. The van der Waals surface area contributed by atoms with E-state index < -0.39 is 5.54 Å². The molecule has 1 aromatic carbocycles. The number of morpholine rings is 1. The molecular weight excluding hydrogens is 430 g/mol. The maximum atomic E-state index is 12.4. The molecule has 2 aromatic rings. The summed E-state index contributed by atoms with van der Waals surface area (Å²) >= 11 is 0. The lowest BCUT2D eigenvalue weighted by atomic mass is 9.82. The van der Waals surface area contributed by atoms with Gasteiger partial charge in [0.2, 0.25) is 5.91 Å². The van der Waals surface area contributed by atoms with E-state index in [2.05, 4.69) is 52.5 Å². The third-order valence-corrected chi connectivity index (χ3v) is 7.74. The van der Waals surface area contributed by atoms with Crippen molar-refractivity contribution >= 4 is 11.7 Å². The fraction of sp³-hybridized carbons (Fsp3) is 0.556. The minimum absolute atomic E-state index is 0.0679. The van der Waals surface area contributed by atoms with Crippen LogP contribution in [0.1, 0.15) is 50.5 Å². The van der Waals surface area contributed by atoms with Crippen molar-refractivity contribution in [3.8, 4) is 5.75 Å². The number of methoxy groups -OCH3 is 1. The van der Waals surface area contributed by atoms with Crippen LogP contribution in [-0.2, 0) is 14.3 Å². The number of hydrogen-bond donors (Lipinski definition) is 1. The maximum Gasteiger partial charge on any atom is 0.246 e. The maximum absolute atomic E-state index is 12.4. The number of nitrogens with one attached hydrogen (secondary N) is 1. The molecule has 3 heterocycles. The van der Waals surface area contributed by atoms with Crippen LogP contribution in [0.4, 0.5) is 5.82 Å². The zero-order chi connectivity index (χ0) is 23.5. The van der Waals surface area contributed by atoms with Gasteiger partial charge in [-0.2, -0.15) is 0 Å². The van der Waals surface area contributed by atoms with Crippen LogP contribution >= 0.6 is 0 Å². The standard InChI is InChI=1S/C27H35N3O4/c1-19-15-27(18-33-17-25(31)29-27)24(30(19)26-23(32-2)9-6-14-28-26)16-34-22-12-10-21(11-13-22)20-7-4-3-5-8-20/h3-9,14,19,21-22,24H,10-13,15-18H2,1-2H3,(H,29,31)/t19-,21-,22+,24+,27-/m1/s1. The number of nitrogens with zero attached hydrogens (tertiary/aromatic N) is 2. The number of ether oxygens (including phenoxy) is 3. The van der Waals surface area contributed by atoms with Crippen molar-refractivity contribution in [3.63, 3.8) is 0 Å². The van der Waals surface area contributed by atoms with E-state index in [9.17, 15) is 4.79 Å². The molecule has 2 saturated heterocycles. The van der Waals surface area contributed by atoms with Crippen LogP contribution in [0.5, 0.6) is 5.75 Å². The molecule has 7 nitrogen and oxygen atoms in total. The lowest BCUT2D eigenvalue weighted by Gasteiger charge is -2.42. The third-order valence-electron chi connectivity index (χ3n) is 7.74. The van der Waals surface area contributed by atoms with Crippen LogP contribution in [-0.4, -0.2) is 61.5 Å². The van der Waals surface area contributed by atoms with E-state index in [0.717, 1.165) is 43.7 Å². The third kappa shape index (κ3) is 4.51. The van der Waals surface area contributed by atoms with E-state index in [-0.39, 0.29) is 30.7 Å². The Morgan fingerprint density at radius 3 is 2.68 bits per heavy atom. The SMILES string of the molecule is COc1cccnc1N1[C@H](C)C[C@@]2(COCC(=O)N2)[C@@H]1CO[C@H]1CC[C@@H](c2ccccc2)CC1. The molecule has 3 fully saturated rings. The molecule has 0 bridgehead atoms. The number of amides is 1. The van der Waals surface area contributed by atoms with E-state index >= 15 is 0 Å². The second-order valence-electron chi connectivity index (χ2n) is 9.92. The summed E-state index contributed by atoms with van der Waals surface area (Å²) in [7, 11) is 1.67. The Balaban J connectivity index is 1.32. The van der Waals surface area contributed by atoms with E-state index in [1.807, 2.05) is 12.1 Å². The van der Waals surface area contributed by atoms with Gasteiger partial charge >= 0.3 is 0 Å². The fourth-order valence-electron chi connectivity index (χ4n) is 6.15. The molecule has 1 aromatic heterocycles. The van der Waals surface area contributed by atoms with E-state index in [1.54, 1.807) is 13.3 Å². The van der Waals surface area contributed by atoms with E-state index in [4.69, 9.17) is 14.2 Å². The zero-order valence-electron chi connectivity index (χ0n) is 20.1. The Morgan fingerprint density at radius 1 is 1.15 bits per heavy atom. The molecule has 0 unspecified atom stereocenters. The quantitative estimate of drug-likeness (QED) is 0.702. The first kappa shape index (κ1) is 23.1. The summed E-state index contributed by atoms with van der Waals surface area (Å²) in [6.07, 6.45) is 7.15. The Labute approximate surface area is 201 Å². The molecule has 1 N–H and O–H groups in total. The predicted molar refractivity (Wildman–Crippen MR) is 130 cm³/mol. The van der Waals surface area contributed by atoms with Crippen molar-refractivity contribution < 1.29 is 19.0 Å². The molecule has 2 aliphatic heterocycles. The summed E-state index contributed by atoms with van der Waals surface area (Å²) < 4.78 is 18.0. The van der Waals surface area contributed by atoms with Gasteiger partial charge in [-0.3, -0.25) is 4.79 Å². The highest BCUT2D eigenvalue weighted by atomic mass is 16.5. The Bertz CT molecular complexity index is 979. The van der Waals surface area contributed by atoms with Crippen LogP contribution in [0.15, 0.2) is 48.7 Å². The minimum Gasteiger partial charge on any atom is -0.493 e. The second-order valence-corrected chi connectivity index (χ2v) is 9.92. The summed E-state index contributed by atoms with van der Waals surface area (Å²) in [5.74, 6) is 2.05. The van der Waals surface area contributed by atoms with Crippen LogP contribution in [0.2, 0.25) is 0 Å². The highest BCUT2D eigenvalue weighted by Crippen LogP contribution is 2.42. The minimum atomic E-state index is -0.501. The van der Waals surface area contributed by atoms with Crippen molar-refractivity contribution in [2.24, 2.45) is 0 Å². The molecule has 3 atom stereocenters. The summed E-state index contributed by atoms with van der Waals surface area (Å²) in [5, 5.41) is 3.27. The van der Waals surface area contributed by atoms with E-state index in [1.165, 1.54) is 5.56 Å². The van der Waals surface area contributed by atoms with Crippen molar-refractivity contribution in [2.75, 3.05) is 31.8 Å². The van der Waals surface area contributed by atoms with Crippen molar-refractivity contribution in [1.29, 1.82) is 0 Å².